The maximum Gasteiger partial charge on any atom is 0.135 e. The number of nitrogens with zero attached hydrogens (tertiary/aromatic N) is 2. The van der Waals surface area contributed by atoms with Crippen LogP contribution in [-0.2, 0) is 0 Å². The van der Waals surface area contributed by atoms with E-state index in [1.807, 2.05) is 6.07 Å². The minimum Gasteiger partial charge on any atom is -0.365 e. The Labute approximate surface area is 120 Å². The van der Waals surface area contributed by atoms with Crippen LogP contribution in [0, 0.1) is 13.8 Å². The van der Waals surface area contributed by atoms with Crippen molar-refractivity contribution in [3.05, 3.63) is 41.7 Å². The summed E-state index contributed by atoms with van der Waals surface area (Å²) >= 11 is 0. The zero-order valence-corrected chi connectivity index (χ0v) is 12.8. The zero-order chi connectivity index (χ0) is 14.8. The van der Waals surface area contributed by atoms with Gasteiger partial charge in [0.1, 0.15) is 18.0 Å². The smallest absolute Gasteiger partial charge is 0.135 e. The van der Waals surface area contributed by atoms with E-state index in [2.05, 4.69) is 73.4 Å². The van der Waals surface area contributed by atoms with Gasteiger partial charge in [0.05, 0.1) is 0 Å². The van der Waals surface area contributed by atoms with Gasteiger partial charge in [-0.3, -0.25) is 0 Å². The standard InChI is InChI=1S/C16H22N4/c1-11-6-12(2)8-13(7-11)19-14-9-15(18-10-17-14)20-16(3,4)5/h6-10H,1-5H3,(H2,17,18,19,20). The number of aromatic nitrogens is 2. The predicted octanol–water partition coefficient (Wildman–Crippen LogP) is 4.05. The highest BCUT2D eigenvalue weighted by molar-refractivity contribution is 5.60. The molecule has 0 bridgehead atoms. The molecule has 2 rings (SSSR count). The molecule has 0 saturated heterocycles. The van der Waals surface area contributed by atoms with E-state index in [1.165, 1.54) is 11.1 Å². The van der Waals surface area contributed by atoms with Gasteiger partial charge in [-0.15, -0.1) is 0 Å². The molecule has 4 nitrogen and oxygen atoms in total. The van der Waals surface area contributed by atoms with Gasteiger partial charge < -0.3 is 10.6 Å². The van der Waals surface area contributed by atoms with Crippen molar-refractivity contribution >= 4 is 17.3 Å². The SMILES string of the molecule is Cc1cc(C)cc(Nc2cc(NC(C)(C)C)ncn2)c1. The summed E-state index contributed by atoms with van der Waals surface area (Å²) in [5.74, 6) is 1.61. The molecule has 4 heteroatoms. The largest absolute Gasteiger partial charge is 0.365 e. The number of benzene rings is 1. The third-order valence-corrected chi connectivity index (χ3v) is 2.66. The molecule has 1 heterocycles. The van der Waals surface area contributed by atoms with Gasteiger partial charge in [0, 0.05) is 17.3 Å². The first-order chi connectivity index (χ1) is 9.32. The van der Waals surface area contributed by atoms with Crippen LogP contribution in [0.3, 0.4) is 0 Å². The fourth-order valence-corrected chi connectivity index (χ4v) is 2.07. The summed E-state index contributed by atoms with van der Waals surface area (Å²) in [6, 6.07) is 8.28. The first-order valence-corrected chi connectivity index (χ1v) is 6.77. The van der Waals surface area contributed by atoms with Crippen LogP contribution in [0.25, 0.3) is 0 Å². The molecule has 0 fully saturated rings. The topological polar surface area (TPSA) is 49.8 Å². The molecular weight excluding hydrogens is 248 g/mol. The summed E-state index contributed by atoms with van der Waals surface area (Å²) in [4.78, 5) is 8.50. The summed E-state index contributed by atoms with van der Waals surface area (Å²) in [6.07, 6.45) is 1.57. The molecule has 0 aliphatic carbocycles. The van der Waals surface area contributed by atoms with Crippen molar-refractivity contribution in [2.75, 3.05) is 10.6 Å². The van der Waals surface area contributed by atoms with Crippen LogP contribution < -0.4 is 10.6 Å². The minimum absolute atomic E-state index is 0.0223. The number of anilines is 3. The Hall–Kier alpha value is -2.10. The second kappa shape index (κ2) is 5.49. The number of nitrogens with one attached hydrogen (secondary N) is 2. The molecule has 0 atom stereocenters. The van der Waals surface area contributed by atoms with Gasteiger partial charge in [0.25, 0.3) is 0 Å². The Morgan fingerprint density at radius 2 is 1.45 bits per heavy atom. The Balaban J connectivity index is 2.19. The summed E-state index contributed by atoms with van der Waals surface area (Å²) < 4.78 is 0. The van der Waals surface area contributed by atoms with Gasteiger partial charge >= 0.3 is 0 Å². The fraction of sp³-hybridized carbons (Fsp3) is 0.375. The van der Waals surface area contributed by atoms with E-state index in [-0.39, 0.29) is 5.54 Å². The van der Waals surface area contributed by atoms with E-state index < -0.39 is 0 Å². The van der Waals surface area contributed by atoms with E-state index in [9.17, 15) is 0 Å². The Morgan fingerprint density at radius 3 is 2.05 bits per heavy atom. The minimum atomic E-state index is -0.0223. The van der Waals surface area contributed by atoms with Crippen molar-refractivity contribution in [3.63, 3.8) is 0 Å². The second-order valence-electron chi connectivity index (χ2n) is 6.16. The molecule has 0 unspecified atom stereocenters. The second-order valence-corrected chi connectivity index (χ2v) is 6.16. The van der Waals surface area contributed by atoms with Crippen molar-refractivity contribution in [1.29, 1.82) is 0 Å². The molecule has 106 valence electrons. The summed E-state index contributed by atoms with van der Waals surface area (Å²) in [5, 5.41) is 6.66. The molecule has 0 saturated carbocycles. The Morgan fingerprint density at radius 1 is 0.850 bits per heavy atom. The summed E-state index contributed by atoms with van der Waals surface area (Å²) in [7, 11) is 0. The van der Waals surface area contributed by atoms with E-state index in [0.29, 0.717) is 0 Å². The third-order valence-electron chi connectivity index (χ3n) is 2.66. The third kappa shape index (κ3) is 4.23. The monoisotopic (exact) mass is 270 g/mol. The van der Waals surface area contributed by atoms with Crippen LogP contribution >= 0.6 is 0 Å². The molecule has 0 spiro atoms. The molecule has 1 aromatic heterocycles. The lowest BCUT2D eigenvalue weighted by atomic mass is 10.1. The lowest BCUT2D eigenvalue weighted by molar-refractivity contribution is 0.630. The van der Waals surface area contributed by atoms with Gasteiger partial charge in [-0.05, 0) is 57.9 Å². The molecule has 20 heavy (non-hydrogen) atoms. The summed E-state index contributed by atoms with van der Waals surface area (Å²) in [5.41, 5.74) is 3.48. The molecule has 1 aromatic carbocycles. The van der Waals surface area contributed by atoms with E-state index in [1.54, 1.807) is 6.33 Å². The van der Waals surface area contributed by atoms with Gasteiger partial charge in [-0.25, -0.2) is 9.97 Å². The maximum absolute atomic E-state index is 4.26. The average molecular weight is 270 g/mol. The first-order valence-electron chi connectivity index (χ1n) is 6.77. The van der Waals surface area contributed by atoms with Gasteiger partial charge in [0.15, 0.2) is 0 Å². The van der Waals surface area contributed by atoms with E-state index >= 15 is 0 Å². The quantitative estimate of drug-likeness (QED) is 0.883. The molecule has 0 radical (unpaired) electrons. The molecule has 0 amide bonds. The lowest BCUT2D eigenvalue weighted by Gasteiger charge is -2.21. The molecule has 2 aromatic rings. The number of aryl methyl sites for hydroxylation is 2. The maximum atomic E-state index is 4.26. The van der Waals surface area contributed by atoms with Crippen LogP contribution in [0.15, 0.2) is 30.6 Å². The highest BCUT2D eigenvalue weighted by Crippen LogP contribution is 2.20. The predicted molar refractivity (Wildman–Crippen MR) is 84.6 cm³/mol. The molecular formula is C16H22N4. The van der Waals surface area contributed by atoms with Crippen molar-refractivity contribution in [2.45, 2.75) is 40.2 Å². The Kier molecular flexibility index (Phi) is 3.93. The van der Waals surface area contributed by atoms with Crippen LogP contribution in [0.2, 0.25) is 0 Å². The highest BCUT2D eigenvalue weighted by atomic mass is 15.1. The number of hydrogen-bond donors (Lipinski definition) is 2. The highest BCUT2D eigenvalue weighted by Gasteiger charge is 2.10. The van der Waals surface area contributed by atoms with Crippen molar-refractivity contribution in [3.8, 4) is 0 Å². The molecule has 0 aliphatic heterocycles. The van der Waals surface area contributed by atoms with Crippen molar-refractivity contribution in [2.24, 2.45) is 0 Å². The summed E-state index contributed by atoms with van der Waals surface area (Å²) in [6.45, 7) is 10.5. The number of rotatable bonds is 3. The van der Waals surface area contributed by atoms with E-state index in [0.717, 1.165) is 17.3 Å². The fourth-order valence-electron chi connectivity index (χ4n) is 2.07. The van der Waals surface area contributed by atoms with Crippen LogP contribution in [-0.4, -0.2) is 15.5 Å². The Bertz CT molecular complexity index is 579. The van der Waals surface area contributed by atoms with Crippen molar-refractivity contribution in [1.82, 2.24) is 9.97 Å². The zero-order valence-electron chi connectivity index (χ0n) is 12.8. The van der Waals surface area contributed by atoms with Crippen LogP contribution in [0.4, 0.5) is 17.3 Å². The van der Waals surface area contributed by atoms with Crippen LogP contribution in [0.5, 0.6) is 0 Å². The first kappa shape index (κ1) is 14.3. The van der Waals surface area contributed by atoms with Gasteiger partial charge in [-0.2, -0.15) is 0 Å². The van der Waals surface area contributed by atoms with Crippen LogP contribution in [0.1, 0.15) is 31.9 Å². The molecule has 2 N–H and O–H groups in total. The van der Waals surface area contributed by atoms with E-state index in [4.69, 9.17) is 0 Å². The lowest BCUT2D eigenvalue weighted by Crippen LogP contribution is -2.26. The normalized spacial score (nSPS) is 11.2. The number of hydrogen-bond acceptors (Lipinski definition) is 4. The molecule has 0 aliphatic rings. The van der Waals surface area contributed by atoms with Gasteiger partial charge in [-0.1, -0.05) is 6.07 Å². The van der Waals surface area contributed by atoms with Gasteiger partial charge in [0.2, 0.25) is 0 Å². The van der Waals surface area contributed by atoms with Crippen molar-refractivity contribution < 1.29 is 0 Å². The average Bonchev–Trinajstić information content (AvgIpc) is 2.25.